The summed E-state index contributed by atoms with van der Waals surface area (Å²) in [6, 6.07) is 12.9. The summed E-state index contributed by atoms with van der Waals surface area (Å²) < 4.78 is 12.8. The number of hydrogen-bond donors (Lipinski definition) is 2. The van der Waals surface area contributed by atoms with Crippen LogP contribution in [-0.2, 0) is 4.79 Å². The molecule has 0 bridgehead atoms. The number of hydrazine groups is 1. The molecule has 2 aromatic rings. The van der Waals surface area contributed by atoms with Gasteiger partial charge in [0.1, 0.15) is 5.82 Å². The van der Waals surface area contributed by atoms with Crippen molar-refractivity contribution in [2.75, 3.05) is 0 Å². The zero-order valence-electron chi connectivity index (χ0n) is 13.5. The van der Waals surface area contributed by atoms with Crippen molar-refractivity contribution in [3.63, 3.8) is 0 Å². The number of benzene rings is 2. The summed E-state index contributed by atoms with van der Waals surface area (Å²) >= 11 is 0. The van der Waals surface area contributed by atoms with Gasteiger partial charge < -0.3 is 0 Å². The van der Waals surface area contributed by atoms with Gasteiger partial charge in [0, 0.05) is 11.6 Å². The molecular formula is C19H19FN2O2. The minimum Gasteiger partial charge on any atom is -0.268 e. The highest BCUT2D eigenvalue weighted by molar-refractivity contribution is 5.97. The Bertz CT molecular complexity index is 735. The van der Waals surface area contributed by atoms with Gasteiger partial charge in [-0.2, -0.15) is 0 Å². The molecule has 2 N–H and O–H groups in total. The maximum Gasteiger partial charge on any atom is 0.269 e. The second kappa shape index (κ2) is 8.06. The van der Waals surface area contributed by atoms with E-state index in [1.54, 1.807) is 6.08 Å². The standard InChI is InChI=1S/C19H19FN2O2/c1-13(2)15-6-3-14(4-7-15)5-12-18(23)21-22-19(24)16-8-10-17(20)11-9-16/h3-13H,1-2H3,(H,21,23)(H,22,24)/b12-5+. The van der Waals surface area contributed by atoms with Crippen LogP contribution in [0.15, 0.2) is 54.6 Å². The van der Waals surface area contributed by atoms with E-state index in [9.17, 15) is 14.0 Å². The number of carbonyl (C=O) groups excluding carboxylic acids is 2. The van der Waals surface area contributed by atoms with Gasteiger partial charge in [0.15, 0.2) is 0 Å². The lowest BCUT2D eigenvalue weighted by Crippen LogP contribution is -2.40. The number of rotatable bonds is 4. The highest BCUT2D eigenvalue weighted by atomic mass is 19.1. The molecule has 0 radical (unpaired) electrons. The van der Waals surface area contributed by atoms with E-state index < -0.39 is 17.6 Å². The first-order valence-electron chi connectivity index (χ1n) is 7.59. The second-order valence-corrected chi connectivity index (χ2v) is 5.60. The molecule has 0 fully saturated rings. The minimum atomic E-state index is -0.516. The van der Waals surface area contributed by atoms with Crippen LogP contribution in [-0.4, -0.2) is 11.8 Å². The van der Waals surface area contributed by atoms with Crippen LogP contribution in [0.3, 0.4) is 0 Å². The van der Waals surface area contributed by atoms with Gasteiger partial charge in [-0.1, -0.05) is 38.1 Å². The summed E-state index contributed by atoms with van der Waals surface area (Å²) in [6.07, 6.45) is 2.98. The highest BCUT2D eigenvalue weighted by Gasteiger charge is 2.05. The maximum atomic E-state index is 12.8. The largest absolute Gasteiger partial charge is 0.269 e. The molecule has 0 aliphatic rings. The lowest BCUT2D eigenvalue weighted by molar-refractivity contribution is -0.117. The van der Waals surface area contributed by atoms with Crippen LogP contribution < -0.4 is 10.9 Å². The number of halogens is 1. The minimum absolute atomic E-state index is 0.255. The molecule has 0 unspecified atom stereocenters. The Morgan fingerprint density at radius 1 is 0.958 bits per heavy atom. The Hall–Kier alpha value is -2.95. The molecule has 0 spiro atoms. The molecule has 124 valence electrons. The van der Waals surface area contributed by atoms with Crippen LogP contribution in [0.5, 0.6) is 0 Å². The molecule has 0 heterocycles. The van der Waals surface area contributed by atoms with E-state index in [1.807, 2.05) is 24.3 Å². The van der Waals surface area contributed by atoms with Crippen LogP contribution in [0.25, 0.3) is 6.08 Å². The zero-order chi connectivity index (χ0) is 17.5. The van der Waals surface area contributed by atoms with Gasteiger partial charge in [0.05, 0.1) is 0 Å². The molecule has 24 heavy (non-hydrogen) atoms. The molecule has 0 aliphatic carbocycles. The van der Waals surface area contributed by atoms with Crippen molar-refractivity contribution in [3.8, 4) is 0 Å². The zero-order valence-corrected chi connectivity index (χ0v) is 13.5. The normalized spacial score (nSPS) is 10.8. The van der Waals surface area contributed by atoms with Gasteiger partial charge in [-0.3, -0.25) is 20.4 Å². The van der Waals surface area contributed by atoms with Crippen molar-refractivity contribution >= 4 is 17.9 Å². The molecule has 2 amide bonds. The van der Waals surface area contributed by atoms with Gasteiger partial charge in [-0.25, -0.2) is 4.39 Å². The van der Waals surface area contributed by atoms with Crippen molar-refractivity contribution in [2.24, 2.45) is 0 Å². The molecule has 0 saturated heterocycles. The first-order valence-corrected chi connectivity index (χ1v) is 7.59. The van der Waals surface area contributed by atoms with E-state index in [1.165, 1.54) is 35.9 Å². The van der Waals surface area contributed by atoms with Crippen LogP contribution in [0, 0.1) is 5.82 Å². The summed E-state index contributed by atoms with van der Waals surface area (Å²) in [7, 11) is 0. The van der Waals surface area contributed by atoms with E-state index in [0.29, 0.717) is 5.92 Å². The van der Waals surface area contributed by atoms with E-state index in [4.69, 9.17) is 0 Å². The third kappa shape index (κ3) is 5.05. The van der Waals surface area contributed by atoms with Crippen LogP contribution >= 0.6 is 0 Å². The van der Waals surface area contributed by atoms with Crippen molar-refractivity contribution in [1.82, 2.24) is 10.9 Å². The van der Waals surface area contributed by atoms with Crippen molar-refractivity contribution in [2.45, 2.75) is 19.8 Å². The summed E-state index contributed by atoms with van der Waals surface area (Å²) in [4.78, 5) is 23.5. The Labute approximate surface area is 140 Å². The van der Waals surface area contributed by atoms with Gasteiger partial charge in [-0.15, -0.1) is 0 Å². The van der Waals surface area contributed by atoms with Crippen LogP contribution in [0.2, 0.25) is 0 Å². The fourth-order valence-electron chi connectivity index (χ4n) is 2.00. The quantitative estimate of drug-likeness (QED) is 0.668. The van der Waals surface area contributed by atoms with E-state index in [-0.39, 0.29) is 5.56 Å². The smallest absolute Gasteiger partial charge is 0.268 e. The van der Waals surface area contributed by atoms with Gasteiger partial charge >= 0.3 is 0 Å². The first-order chi connectivity index (χ1) is 11.5. The second-order valence-electron chi connectivity index (χ2n) is 5.60. The highest BCUT2D eigenvalue weighted by Crippen LogP contribution is 2.15. The van der Waals surface area contributed by atoms with E-state index in [0.717, 1.165) is 5.56 Å². The average Bonchev–Trinajstić information content (AvgIpc) is 2.58. The Balaban J connectivity index is 1.86. The van der Waals surface area contributed by atoms with E-state index >= 15 is 0 Å². The molecule has 0 atom stereocenters. The molecule has 5 heteroatoms. The third-order valence-electron chi connectivity index (χ3n) is 3.44. The summed E-state index contributed by atoms with van der Waals surface area (Å²) in [6.45, 7) is 4.23. The molecule has 4 nitrogen and oxygen atoms in total. The summed E-state index contributed by atoms with van der Waals surface area (Å²) in [5.41, 5.74) is 6.91. The fourth-order valence-corrected chi connectivity index (χ4v) is 2.00. The van der Waals surface area contributed by atoms with Gasteiger partial charge in [0.2, 0.25) is 0 Å². The fraction of sp³-hybridized carbons (Fsp3) is 0.158. The van der Waals surface area contributed by atoms with Crippen molar-refractivity contribution in [1.29, 1.82) is 0 Å². The van der Waals surface area contributed by atoms with Crippen molar-refractivity contribution in [3.05, 3.63) is 77.1 Å². The van der Waals surface area contributed by atoms with Crippen molar-refractivity contribution < 1.29 is 14.0 Å². The lowest BCUT2D eigenvalue weighted by atomic mass is 10.0. The molecular weight excluding hydrogens is 307 g/mol. The number of carbonyl (C=O) groups is 2. The molecule has 0 aromatic heterocycles. The predicted molar refractivity (Wildman–Crippen MR) is 91.6 cm³/mol. The Morgan fingerprint density at radius 2 is 1.58 bits per heavy atom. The molecule has 0 saturated carbocycles. The average molecular weight is 326 g/mol. The topological polar surface area (TPSA) is 58.2 Å². The first kappa shape index (κ1) is 17.4. The maximum absolute atomic E-state index is 12.8. The number of nitrogens with one attached hydrogen (secondary N) is 2. The Morgan fingerprint density at radius 3 is 2.17 bits per heavy atom. The number of amides is 2. The van der Waals surface area contributed by atoms with Gasteiger partial charge in [0.25, 0.3) is 11.8 Å². The SMILES string of the molecule is CC(C)c1ccc(/C=C/C(=O)NNC(=O)c2ccc(F)cc2)cc1. The lowest BCUT2D eigenvalue weighted by Gasteiger charge is -2.06. The molecule has 0 aliphatic heterocycles. The molecule has 2 aromatic carbocycles. The summed E-state index contributed by atoms with van der Waals surface area (Å²) in [5.74, 6) is -0.952. The van der Waals surface area contributed by atoms with E-state index in [2.05, 4.69) is 24.7 Å². The monoisotopic (exact) mass is 326 g/mol. The third-order valence-corrected chi connectivity index (χ3v) is 3.44. The summed E-state index contributed by atoms with van der Waals surface area (Å²) in [5, 5.41) is 0. The van der Waals surface area contributed by atoms with Crippen LogP contribution in [0.1, 0.15) is 41.3 Å². The molecule has 2 rings (SSSR count). The predicted octanol–water partition coefficient (Wildman–Crippen LogP) is 3.42. The number of hydrogen-bond acceptors (Lipinski definition) is 2. The van der Waals surface area contributed by atoms with Crippen LogP contribution in [0.4, 0.5) is 4.39 Å². The van der Waals surface area contributed by atoms with Gasteiger partial charge in [-0.05, 0) is 47.4 Å². The Kier molecular flexibility index (Phi) is 5.84.